The summed E-state index contributed by atoms with van der Waals surface area (Å²) in [5, 5.41) is 11.1. The lowest BCUT2D eigenvalue weighted by molar-refractivity contribution is -0.131. The molecule has 0 aromatic heterocycles. The maximum atomic E-state index is 12.8. The fourth-order valence-corrected chi connectivity index (χ4v) is 4.27. The highest BCUT2D eigenvalue weighted by Gasteiger charge is 2.40. The minimum Gasteiger partial charge on any atom is -0.298 e. The third kappa shape index (κ3) is 4.57. The predicted octanol–water partition coefficient (Wildman–Crippen LogP) is 3.76. The Hall–Kier alpha value is -3.94. The smallest absolute Gasteiger partial charge is 0.263 e. The summed E-state index contributed by atoms with van der Waals surface area (Å²) in [5.74, 6) is -2.89. The van der Waals surface area contributed by atoms with E-state index in [1.807, 2.05) is 12.1 Å². The summed E-state index contributed by atoms with van der Waals surface area (Å²) in [6.07, 6.45) is 1.24. The van der Waals surface area contributed by atoms with Crippen molar-refractivity contribution in [1.29, 1.82) is 0 Å². The van der Waals surface area contributed by atoms with Crippen LogP contribution in [0.5, 0.6) is 0 Å². The van der Waals surface area contributed by atoms with Crippen LogP contribution in [0.1, 0.15) is 39.5 Å². The Morgan fingerprint density at radius 2 is 1.03 bits per heavy atom. The molecular weight excluding hydrogens is 432 g/mol. The number of carbonyl (C=O) groups excluding carboxylic acids is 4. The van der Waals surface area contributed by atoms with Gasteiger partial charge in [-0.25, -0.2) is 0 Å². The fourth-order valence-electron chi connectivity index (χ4n) is 4.27. The van der Waals surface area contributed by atoms with Gasteiger partial charge in [-0.15, -0.1) is 0 Å². The van der Waals surface area contributed by atoms with Crippen LogP contribution in [0.4, 0.5) is 11.4 Å². The Kier molecular flexibility index (Phi) is 6.77. The van der Waals surface area contributed by atoms with Crippen molar-refractivity contribution in [2.24, 2.45) is 22.0 Å². The number of hydrogen-bond acceptors (Lipinski definition) is 6. The highest BCUT2D eigenvalue weighted by Crippen LogP contribution is 2.27. The molecule has 4 rings (SSSR count). The van der Waals surface area contributed by atoms with E-state index in [1.165, 1.54) is 10.0 Å². The van der Waals surface area contributed by atoms with Gasteiger partial charge >= 0.3 is 0 Å². The topological polar surface area (TPSA) is 99.5 Å². The molecule has 2 aromatic carbocycles. The first-order chi connectivity index (χ1) is 16.4. The number of anilines is 2. The van der Waals surface area contributed by atoms with Crippen molar-refractivity contribution in [3.05, 3.63) is 60.7 Å². The van der Waals surface area contributed by atoms with Gasteiger partial charge in [-0.2, -0.15) is 20.2 Å². The van der Waals surface area contributed by atoms with Gasteiger partial charge < -0.3 is 0 Å². The second-order valence-electron chi connectivity index (χ2n) is 8.46. The maximum Gasteiger partial charge on any atom is 0.263 e. The molecule has 0 N–H and O–H groups in total. The van der Waals surface area contributed by atoms with Crippen LogP contribution in [0.15, 0.2) is 70.9 Å². The monoisotopic (exact) mass is 458 g/mol. The second-order valence-corrected chi connectivity index (χ2v) is 8.46. The van der Waals surface area contributed by atoms with Crippen molar-refractivity contribution in [3.63, 3.8) is 0 Å². The van der Waals surface area contributed by atoms with E-state index in [4.69, 9.17) is 0 Å². The number of nitrogens with zero attached hydrogens (tertiary/aromatic N) is 4. The Morgan fingerprint density at radius 1 is 0.676 bits per heavy atom. The average molecular weight is 459 g/mol. The number of amides is 2. The second kappa shape index (κ2) is 9.91. The molecule has 0 saturated heterocycles. The largest absolute Gasteiger partial charge is 0.298 e. The van der Waals surface area contributed by atoms with Gasteiger partial charge in [0, 0.05) is 12.8 Å². The Bertz CT molecular complexity index is 1080. The third-order valence-corrected chi connectivity index (χ3v) is 6.00. The lowest BCUT2D eigenvalue weighted by atomic mass is 9.92. The van der Waals surface area contributed by atoms with E-state index in [-0.39, 0.29) is 36.2 Å². The van der Waals surface area contributed by atoms with E-state index in [2.05, 4.69) is 10.2 Å². The van der Waals surface area contributed by atoms with E-state index < -0.39 is 11.8 Å². The Balaban J connectivity index is 1.28. The summed E-state index contributed by atoms with van der Waals surface area (Å²) >= 11 is 0. The minimum absolute atomic E-state index is 0.168. The van der Waals surface area contributed by atoms with Crippen molar-refractivity contribution in [2.45, 2.75) is 39.5 Å². The van der Waals surface area contributed by atoms with Crippen LogP contribution in [0, 0.1) is 11.8 Å². The first-order valence-corrected chi connectivity index (χ1v) is 11.3. The number of unbranched alkanes of at least 4 members (excludes halogenated alkanes) is 1. The van der Waals surface area contributed by atoms with Gasteiger partial charge in [0.05, 0.1) is 22.8 Å². The number of carbonyl (C=O) groups is 4. The molecule has 0 aliphatic carbocycles. The molecule has 0 fully saturated rings. The number of hydrazone groups is 2. The molecule has 8 heteroatoms. The summed E-state index contributed by atoms with van der Waals surface area (Å²) in [4.78, 5) is 51.1. The van der Waals surface area contributed by atoms with E-state index >= 15 is 0 Å². The standard InChI is InChI=1S/C26H26N4O4/c1-17-23(25(33)29(27-17)19-11-5-3-6-12-19)21(31)15-9-10-16-22(32)24-18(2)28-30(26(24)34)20-13-7-4-8-14-20/h3-8,11-14,23-24H,9-10,15-16H2,1-2H3/t23-,24-/m0/s1. The number of para-hydroxylation sites is 2. The van der Waals surface area contributed by atoms with Gasteiger partial charge in [-0.1, -0.05) is 36.4 Å². The molecule has 174 valence electrons. The van der Waals surface area contributed by atoms with Crippen LogP contribution >= 0.6 is 0 Å². The molecule has 2 amide bonds. The first-order valence-electron chi connectivity index (χ1n) is 11.3. The molecule has 0 spiro atoms. The molecule has 8 nitrogen and oxygen atoms in total. The third-order valence-electron chi connectivity index (χ3n) is 6.00. The molecule has 2 aliphatic heterocycles. The summed E-state index contributed by atoms with van der Waals surface area (Å²) in [5.41, 5.74) is 2.18. The maximum absolute atomic E-state index is 12.8. The van der Waals surface area contributed by atoms with Crippen LogP contribution < -0.4 is 10.0 Å². The van der Waals surface area contributed by atoms with Crippen LogP contribution in [0.25, 0.3) is 0 Å². The highest BCUT2D eigenvalue weighted by atomic mass is 16.2. The first kappa shape index (κ1) is 23.2. The van der Waals surface area contributed by atoms with Gasteiger partial charge in [-0.3, -0.25) is 19.2 Å². The van der Waals surface area contributed by atoms with Gasteiger partial charge in [0.25, 0.3) is 11.8 Å². The predicted molar refractivity (Wildman–Crippen MR) is 130 cm³/mol. The number of benzene rings is 2. The van der Waals surface area contributed by atoms with Crippen LogP contribution in [-0.4, -0.2) is 34.8 Å². The molecule has 2 atom stereocenters. The summed E-state index contributed by atoms with van der Waals surface area (Å²) in [6.45, 7) is 3.36. The van der Waals surface area contributed by atoms with Gasteiger partial charge in [0.15, 0.2) is 11.6 Å². The van der Waals surface area contributed by atoms with Gasteiger partial charge in [-0.05, 0) is 51.0 Å². The number of ketones is 2. The molecular formula is C26H26N4O4. The number of hydrogen-bond donors (Lipinski definition) is 0. The number of Topliss-reactive ketones (excluding diaryl/α,β-unsaturated/α-hetero) is 2. The highest BCUT2D eigenvalue weighted by molar-refractivity contribution is 6.27. The number of rotatable bonds is 9. The van der Waals surface area contributed by atoms with Gasteiger partial charge in [0.1, 0.15) is 11.8 Å². The summed E-state index contributed by atoms with van der Waals surface area (Å²) in [6, 6.07) is 18.0. The molecule has 0 unspecified atom stereocenters. The van der Waals surface area contributed by atoms with E-state index in [9.17, 15) is 19.2 Å². The van der Waals surface area contributed by atoms with Crippen molar-refractivity contribution >= 4 is 46.2 Å². The Labute approximate surface area is 197 Å². The lowest BCUT2D eigenvalue weighted by Crippen LogP contribution is -2.33. The SMILES string of the molecule is CC1=NN(c2ccccc2)C(=O)[C@@H]1C(=O)CCCCC(=O)[C@H]1C(=O)N(c2ccccc2)N=C1C. The zero-order valence-electron chi connectivity index (χ0n) is 19.2. The fraction of sp³-hybridized carbons (Fsp3) is 0.308. The summed E-state index contributed by atoms with van der Waals surface area (Å²) in [7, 11) is 0. The quantitative estimate of drug-likeness (QED) is 0.422. The molecule has 0 bridgehead atoms. The van der Waals surface area contributed by atoms with E-state index in [0.717, 1.165) is 0 Å². The van der Waals surface area contributed by atoms with Crippen LogP contribution in [0.2, 0.25) is 0 Å². The summed E-state index contributed by atoms with van der Waals surface area (Å²) < 4.78 is 0. The average Bonchev–Trinajstić information content (AvgIpc) is 3.31. The molecule has 34 heavy (non-hydrogen) atoms. The normalized spacial score (nSPS) is 19.9. The van der Waals surface area contributed by atoms with E-state index in [1.54, 1.807) is 62.4 Å². The van der Waals surface area contributed by atoms with Gasteiger partial charge in [0.2, 0.25) is 0 Å². The van der Waals surface area contributed by atoms with E-state index in [0.29, 0.717) is 35.6 Å². The minimum atomic E-state index is -0.888. The van der Waals surface area contributed by atoms with Crippen LogP contribution in [-0.2, 0) is 19.2 Å². The Morgan fingerprint density at radius 3 is 1.38 bits per heavy atom. The van der Waals surface area contributed by atoms with Crippen molar-refractivity contribution in [2.75, 3.05) is 10.0 Å². The van der Waals surface area contributed by atoms with Crippen molar-refractivity contribution < 1.29 is 19.2 Å². The lowest BCUT2D eigenvalue weighted by Gasteiger charge is -2.14. The zero-order chi connectivity index (χ0) is 24.2. The molecule has 2 aromatic rings. The van der Waals surface area contributed by atoms with Crippen molar-refractivity contribution in [1.82, 2.24) is 0 Å². The van der Waals surface area contributed by atoms with Crippen molar-refractivity contribution in [3.8, 4) is 0 Å². The molecule has 2 heterocycles. The zero-order valence-corrected chi connectivity index (χ0v) is 19.2. The molecule has 0 saturated carbocycles. The van der Waals surface area contributed by atoms with Crippen LogP contribution in [0.3, 0.4) is 0 Å². The molecule has 0 radical (unpaired) electrons. The molecule has 2 aliphatic rings.